The molecule has 0 amide bonds. The molecule has 1 atom stereocenters. The molecule has 2 heteroatoms. The van der Waals surface area contributed by atoms with Crippen LogP contribution >= 0.6 is 0 Å². The predicted octanol–water partition coefficient (Wildman–Crippen LogP) is 4.45. The minimum atomic E-state index is -0.329. The van der Waals surface area contributed by atoms with Crippen LogP contribution in [0.1, 0.15) is 37.0 Å². The average Bonchev–Trinajstić information content (AvgIpc) is 2.53. The molecule has 2 nitrogen and oxygen atoms in total. The second-order valence-corrected chi connectivity index (χ2v) is 7.25. The molecule has 0 heterocycles. The third-order valence-electron chi connectivity index (χ3n) is 4.29. The van der Waals surface area contributed by atoms with Crippen molar-refractivity contribution in [1.29, 1.82) is 0 Å². The quantitative estimate of drug-likeness (QED) is 0.736. The molecule has 0 unspecified atom stereocenters. The van der Waals surface area contributed by atoms with Crippen LogP contribution in [0.5, 0.6) is 0 Å². The van der Waals surface area contributed by atoms with E-state index in [4.69, 9.17) is 0 Å². The highest BCUT2D eigenvalue weighted by Gasteiger charge is 2.13. The van der Waals surface area contributed by atoms with Gasteiger partial charge in [-0.05, 0) is 43.4 Å². The minimum Gasteiger partial charge on any atom is -0.391 e. The molecule has 0 radical (unpaired) electrons. The summed E-state index contributed by atoms with van der Waals surface area (Å²) in [4.78, 5) is 2.39. The summed E-state index contributed by atoms with van der Waals surface area (Å²) in [6, 6.07) is 18.9. The van der Waals surface area contributed by atoms with Crippen molar-refractivity contribution in [3.63, 3.8) is 0 Å². The van der Waals surface area contributed by atoms with E-state index in [1.54, 1.807) is 0 Å². The van der Waals surface area contributed by atoms with Gasteiger partial charge in [0.15, 0.2) is 0 Å². The molecule has 0 aromatic heterocycles. The van der Waals surface area contributed by atoms with Crippen molar-refractivity contribution in [2.24, 2.45) is 5.92 Å². The summed E-state index contributed by atoms with van der Waals surface area (Å²) < 4.78 is 0. The smallest absolute Gasteiger partial charge is 0.0707 e. The van der Waals surface area contributed by atoms with E-state index in [9.17, 15) is 5.11 Å². The van der Waals surface area contributed by atoms with E-state index < -0.39 is 0 Å². The molecule has 0 aliphatic heterocycles. The van der Waals surface area contributed by atoms with E-state index in [2.05, 4.69) is 62.1 Å². The summed E-state index contributed by atoms with van der Waals surface area (Å²) in [6.07, 6.45) is 1.54. The first-order valence-corrected chi connectivity index (χ1v) is 9.03. The summed E-state index contributed by atoms with van der Waals surface area (Å²) in [5, 5.41) is 10.5. The maximum atomic E-state index is 10.5. The number of hydrogen-bond donors (Lipinski definition) is 1. The zero-order valence-electron chi connectivity index (χ0n) is 15.3. The van der Waals surface area contributed by atoms with E-state index in [1.165, 1.54) is 16.7 Å². The molecule has 2 aromatic rings. The van der Waals surface area contributed by atoms with Crippen LogP contribution in [0, 0.1) is 12.8 Å². The number of aryl methyl sites for hydroxylation is 1. The van der Waals surface area contributed by atoms with Gasteiger partial charge >= 0.3 is 0 Å². The first-order chi connectivity index (χ1) is 11.5. The van der Waals surface area contributed by atoms with Gasteiger partial charge in [-0.1, -0.05) is 74.0 Å². The van der Waals surface area contributed by atoms with E-state index in [1.807, 2.05) is 18.2 Å². The third-order valence-corrected chi connectivity index (χ3v) is 4.29. The predicted molar refractivity (Wildman–Crippen MR) is 102 cm³/mol. The second kappa shape index (κ2) is 9.61. The van der Waals surface area contributed by atoms with Crippen LogP contribution in [0.15, 0.2) is 54.6 Å². The minimum absolute atomic E-state index is 0.329. The lowest BCUT2D eigenvalue weighted by Gasteiger charge is -2.26. The number of rotatable bonds is 9. The number of hydrogen-bond acceptors (Lipinski definition) is 2. The Kier molecular flexibility index (Phi) is 7.48. The van der Waals surface area contributed by atoms with Crippen LogP contribution in [-0.4, -0.2) is 29.2 Å². The summed E-state index contributed by atoms with van der Waals surface area (Å²) in [5.74, 6) is 0.677. The van der Waals surface area contributed by atoms with Crippen molar-refractivity contribution in [2.45, 2.75) is 46.3 Å². The highest BCUT2D eigenvalue weighted by Crippen LogP contribution is 2.12. The Balaban J connectivity index is 1.96. The maximum absolute atomic E-state index is 10.5. The van der Waals surface area contributed by atoms with Crippen molar-refractivity contribution >= 4 is 0 Å². The molecule has 0 bridgehead atoms. The molecule has 0 spiro atoms. The fourth-order valence-electron chi connectivity index (χ4n) is 2.99. The molecule has 0 saturated heterocycles. The number of aliphatic hydroxyl groups is 1. The molecule has 130 valence electrons. The molecular weight excluding hydrogens is 294 g/mol. The van der Waals surface area contributed by atoms with E-state index in [0.717, 1.165) is 26.1 Å². The highest BCUT2D eigenvalue weighted by molar-refractivity contribution is 5.22. The Morgan fingerprint density at radius 1 is 0.958 bits per heavy atom. The lowest BCUT2D eigenvalue weighted by Crippen LogP contribution is -2.34. The normalized spacial score (nSPS) is 12.8. The van der Waals surface area contributed by atoms with Crippen molar-refractivity contribution in [3.8, 4) is 0 Å². The van der Waals surface area contributed by atoms with Gasteiger partial charge in [-0.25, -0.2) is 0 Å². The van der Waals surface area contributed by atoms with Crippen LogP contribution in [0.2, 0.25) is 0 Å². The molecule has 24 heavy (non-hydrogen) atoms. The van der Waals surface area contributed by atoms with Gasteiger partial charge in [-0.2, -0.15) is 0 Å². The first-order valence-electron chi connectivity index (χ1n) is 9.03. The Morgan fingerprint density at radius 3 is 2.33 bits per heavy atom. The molecule has 0 fully saturated rings. The van der Waals surface area contributed by atoms with Gasteiger partial charge in [0.1, 0.15) is 0 Å². The highest BCUT2D eigenvalue weighted by atomic mass is 16.3. The molecule has 1 N–H and O–H groups in total. The van der Waals surface area contributed by atoms with Gasteiger partial charge in [-0.3, -0.25) is 4.90 Å². The van der Waals surface area contributed by atoms with Gasteiger partial charge in [0.05, 0.1) is 6.10 Å². The fourth-order valence-corrected chi connectivity index (χ4v) is 2.99. The first kappa shape index (κ1) is 18.7. The monoisotopic (exact) mass is 325 g/mol. The molecular formula is C22H31NO. The summed E-state index contributed by atoms with van der Waals surface area (Å²) >= 11 is 0. The second-order valence-electron chi connectivity index (χ2n) is 7.25. The van der Waals surface area contributed by atoms with Crippen LogP contribution in [0.25, 0.3) is 0 Å². The molecule has 0 saturated carbocycles. The van der Waals surface area contributed by atoms with Crippen molar-refractivity contribution in [1.82, 2.24) is 4.90 Å². The Labute approximate surface area is 147 Å². The Bertz CT molecular complexity index is 594. The Morgan fingerprint density at radius 2 is 1.67 bits per heavy atom. The average molecular weight is 325 g/mol. The van der Waals surface area contributed by atoms with Gasteiger partial charge in [0, 0.05) is 13.1 Å². The molecule has 0 aliphatic carbocycles. The zero-order chi connectivity index (χ0) is 17.4. The van der Waals surface area contributed by atoms with Gasteiger partial charge in [0.2, 0.25) is 0 Å². The molecule has 0 aliphatic rings. The van der Waals surface area contributed by atoms with Crippen LogP contribution in [0.4, 0.5) is 0 Å². The summed E-state index contributed by atoms with van der Waals surface area (Å²) in [6.45, 7) is 9.29. The SMILES string of the molecule is Cc1cccc(CN(CCC(C)C)C[C@@H](O)Cc2ccccc2)c1. The lowest BCUT2D eigenvalue weighted by atomic mass is 10.1. The van der Waals surface area contributed by atoms with Crippen molar-refractivity contribution < 1.29 is 5.11 Å². The fraction of sp³-hybridized carbons (Fsp3) is 0.455. The lowest BCUT2D eigenvalue weighted by molar-refractivity contribution is 0.105. The van der Waals surface area contributed by atoms with Gasteiger partial charge in [-0.15, -0.1) is 0 Å². The van der Waals surface area contributed by atoms with Gasteiger partial charge in [0.25, 0.3) is 0 Å². The van der Waals surface area contributed by atoms with E-state index in [0.29, 0.717) is 12.3 Å². The summed E-state index contributed by atoms with van der Waals surface area (Å²) in [7, 11) is 0. The van der Waals surface area contributed by atoms with Crippen LogP contribution < -0.4 is 0 Å². The Hall–Kier alpha value is -1.64. The maximum Gasteiger partial charge on any atom is 0.0707 e. The third kappa shape index (κ3) is 6.86. The zero-order valence-corrected chi connectivity index (χ0v) is 15.3. The summed E-state index contributed by atoms with van der Waals surface area (Å²) in [5.41, 5.74) is 3.82. The molecule has 2 rings (SSSR count). The van der Waals surface area contributed by atoms with Crippen LogP contribution in [0.3, 0.4) is 0 Å². The van der Waals surface area contributed by atoms with Crippen LogP contribution in [-0.2, 0) is 13.0 Å². The number of benzene rings is 2. The topological polar surface area (TPSA) is 23.5 Å². The number of nitrogens with zero attached hydrogens (tertiary/aromatic N) is 1. The standard InChI is InChI=1S/C22H31NO/c1-18(2)12-13-23(16-21-11-7-8-19(3)14-21)17-22(24)15-20-9-5-4-6-10-20/h4-11,14,18,22,24H,12-13,15-17H2,1-3H3/t22-/m0/s1. The van der Waals surface area contributed by atoms with Crippen molar-refractivity contribution in [2.75, 3.05) is 13.1 Å². The van der Waals surface area contributed by atoms with E-state index >= 15 is 0 Å². The molecule has 2 aromatic carbocycles. The van der Waals surface area contributed by atoms with E-state index in [-0.39, 0.29) is 6.10 Å². The van der Waals surface area contributed by atoms with Gasteiger partial charge < -0.3 is 5.11 Å². The van der Waals surface area contributed by atoms with Crippen molar-refractivity contribution in [3.05, 3.63) is 71.3 Å². The number of aliphatic hydroxyl groups excluding tert-OH is 1. The largest absolute Gasteiger partial charge is 0.391 e.